The zero-order valence-electron chi connectivity index (χ0n) is 15.8. The molecule has 3 rings (SSSR count). The van der Waals surface area contributed by atoms with E-state index >= 15 is 0 Å². The highest BCUT2D eigenvalue weighted by molar-refractivity contribution is 6.17. The summed E-state index contributed by atoms with van der Waals surface area (Å²) in [6.07, 6.45) is 1.68. The number of aromatic nitrogens is 1. The van der Waals surface area contributed by atoms with Crippen LogP contribution in [0.4, 0.5) is 4.39 Å². The molecule has 0 aliphatic carbocycles. The molecule has 1 aromatic heterocycles. The molecular formula is C20H20FNO5. The highest BCUT2D eigenvalue weighted by Gasteiger charge is 2.24. The molecule has 0 amide bonds. The Kier molecular flexibility index (Phi) is 4.94. The van der Waals surface area contributed by atoms with Crippen molar-refractivity contribution in [2.45, 2.75) is 0 Å². The fraction of sp³-hybridized carbons (Fsp3) is 0.250. The molecule has 2 aromatic carbocycles. The quantitative estimate of drug-likeness (QED) is 0.618. The minimum atomic E-state index is -0.597. The average molecular weight is 373 g/mol. The van der Waals surface area contributed by atoms with Gasteiger partial charge in [0.25, 0.3) is 0 Å². The predicted octanol–water partition coefficient (Wildman–Crippen LogP) is 3.58. The first-order valence-electron chi connectivity index (χ1n) is 8.13. The van der Waals surface area contributed by atoms with Crippen molar-refractivity contribution < 1.29 is 28.1 Å². The van der Waals surface area contributed by atoms with Gasteiger partial charge in [0, 0.05) is 29.8 Å². The van der Waals surface area contributed by atoms with E-state index in [1.54, 1.807) is 23.9 Å². The number of halogens is 1. The van der Waals surface area contributed by atoms with Crippen LogP contribution in [0.2, 0.25) is 0 Å². The van der Waals surface area contributed by atoms with Crippen molar-refractivity contribution in [2.24, 2.45) is 7.05 Å². The highest BCUT2D eigenvalue weighted by atomic mass is 19.1. The molecule has 0 radical (unpaired) electrons. The lowest BCUT2D eigenvalue weighted by Crippen LogP contribution is -2.02. The number of rotatable bonds is 6. The van der Waals surface area contributed by atoms with Crippen LogP contribution in [0, 0.1) is 5.82 Å². The molecule has 0 atom stereocenters. The Balaban J connectivity index is 2.23. The molecule has 0 aliphatic rings. The summed E-state index contributed by atoms with van der Waals surface area (Å²) in [6.45, 7) is 0. The number of aryl methyl sites for hydroxylation is 1. The monoisotopic (exact) mass is 373 g/mol. The van der Waals surface area contributed by atoms with Gasteiger partial charge >= 0.3 is 0 Å². The lowest BCUT2D eigenvalue weighted by molar-refractivity contribution is 0.103. The SMILES string of the molecule is COc1ccc(C(=O)c2cn(C)c3c(OC)c(OC)c(OC)cc23)cc1F. The maximum atomic E-state index is 14.0. The molecule has 7 heteroatoms. The fourth-order valence-electron chi connectivity index (χ4n) is 3.17. The molecule has 142 valence electrons. The van der Waals surface area contributed by atoms with Crippen LogP contribution >= 0.6 is 0 Å². The number of ketones is 1. The van der Waals surface area contributed by atoms with Crippen LogP contribution in [0.5, 0.6) is 23.0 Å². The van der Waals surface area contributed by atoms with Crippen LogP contribution in [0.3, 0.4) is 0 Å². The standard InChI is InChI=1S/C20H20FNO5/c1-22-10-13(18(23)11-6-7-15(24-2)14(21)8-11)12-9-16(25-3)19(26-4)20(27-5)17(12)22/h6-10H,1-5H3. The Hall–Kier alpha value is -3.22. The van der Waals surface area contributed by atoms with E-state index in [9.17, 15) is 9.18 Å². The van der Waals surface area contributed by atoms with E-state index < -0.39 is 5.82 Å². The number of fused-ring (bicyclic) bond motifs is 1. The summed E-state index contributed by atoms with van der Waals surface area (Å²) in [6, 6.07) is 5.83. The second-order valence-electron chi connectivity index (χ2n) is 5.87. The van der Waals surface area contributed by atoms with Gasteiger partial charge in [-0.25, -0.2) is 4.39 Å². The number of carbonyl (C=O) groups excluding carboxylic acids is 1. The number of methoxy groups -OCH3 is 4. The van der Waals surface area contributed by atoms with Crippen molar-refractivity contribution in [3.63, 3.8) is 0 Å². The Morgan fingerprint density at radius 3 is 2.15 bits per heavy atom. The largest absolute Gasteiger partial charge is 0.494 e. The second-order valence-corrected chi connectivity index (χ2v) is 5.87. The topological polar surface area (TPSA) is 58.9 Å². The van der Waals surface area contributed by atoms with Crippen molar-refractivity contribution in [2.75, 3.05) is 28.4 Å². The summed E-state index contributed by atoms with van der Waals surface area (Å²) in [7, 11) is 7.70. The minimum absolute atomic E-state index is 0.0811. The normalized spacial score (nSPS) is 10.7. The van der Waals surface area contributed by atoms with E-state index in [0.717, 1.165) is 6.07 Å². The maximum absolute atomic E-state index is 14.0. The lowest BCUT2D eigenvalue weighted by atomic mass is 10.0. The van der Waals surface area contributed by atoms with E-state index in [-0.39, 0.29) is 17.1 Å². The zero-order chi connectivity index (χ0) is 19.7. The smallest absolute Gasteiger partial charge is 0.205 e. The Labute approximate surface area is 156 Å². The predicted molar refractivity (Wildman–Crippen MR) is 99.0 cm³/mol. The average Bonchev–Trinajstić information content (AvgIpc) is 3.01. The molecule has 0 bridgehead atoms. The molecule has 0 N–H and O–H groups in total. The zero-order valence-corrected chi connectivity index (χ0v) is 15.8. The third kappa shape index (κ3) is 2.95. The number of nitrogens with zero attached hydrogens (tertiary/aromatic N) is 1. The Morgan fingerprint density at radius 2 is 1.59 bits per heavy atom. The van der Waals surface area contributed by atoms with Gasteiger partial charge in [0.05, 0.1) is 34.0 Å². The van der Waals surface area contributed by atoms with Gasteiger partial charge in [-0.1, -0.05) is 0 Å². The van der Waals surface area contributed by atoms with Gasteiger partial charge in [-0.3, -0.25) is 4.79 Å². The van der Waals surface area contributed by atoms with Crippen molar-refractivity contribution in [3.05, 3.63) is 47.4 Å². The number of benzene rings is 2. The van der Waals surface area contributed by atoms with Crippen LogP contribution in [0.1, 0.15) is 15.9 Å². The minimum Gasteiger partial charge on any atom is -0.494 e. The highest BCUT2D eigenvalue weighted by Crippen LogP contribution is 2.45. The second kappa shape index (κ2) is 7.19. The van der Waals surface area contributed by atoms with Crippen LogP contribution in [0.25, 0.3) is 10.9 Å². The number of hydrogen-bond donors (Lipinski definition) is 0. The van der Waals surface area contributed by atoms with E-state index in [1.165, 1.54) is 40.6 Å². The van der Waals surface area contributed by atoms with Gasteiger partial charge in [0.2, 0.25) is 5.75 Å². The summed E-state index contributed by atoms with van der Waals surface area (Å²) < 4.78 is 37.0. The Bertz CT molecular complexity index is 1030. The van der Waals surface area contributed by atoms with Gasteiger partial charge in [0.1, 0.15) is 0 Å². The summed E-state index contributed by atoms with van der Waals surface area (Å²) in [5.74, 6) is 0.481. The molecule has 0 saturated carbocycles. The molecule has 0 aliphatic heterocycles. The van der Waals surface area contributed by atoms with E-state index in [1.807, 2.05) is 0 Å². The number of hydrogen-bond acceptors (Lipinski definition) is 5. The van der Waals surface area contributed by atoms with Crippen LogP contribution < -0.4 is 18.9 Å². The van der Waals surface area contributed by atoms with Gasteiger partial charge in [-0.05, 0) is 24.3 Å². The molecule has 6 nitrogen and oxygen atoms in total. The van der Waals surface area contributed by atoms with Crippen molar-refractivity contribution in [3.8, 4) is 23.0 Å². The van der Waals surface area contributed by atoms with Crippen molar-refractivity contribution in [1.82, 2.24) is 4.57 Å². The Morgan fingerprint density at radius 1 is 0.926 bits per heavy atom. The van der Waals surface area contributed by atoms with Gasteiger partial charge in [0.15, 0.2) is 28.8 Å². The van der Waals surface area contributed by atoms with E-state index in [2.05, 4.69) is 0 Å². The third-order valence-electron chi connectivity index (χ3n) is 4.43. The van der Waals surface area contributed by atoms with E-state index in [4.69, 9.17) is 18.9 Å². The summed E-state index contributed by atoms with van der Waals surface area (Å²) in [5.41, 5.74) is 1.29. The van der Waals surface area contributed by atoms with Crippen LogP contribution in [-0.2, 0) is 7.05 Å². The molecular weight excluding hydrogens is 353 g/mol. The molecule has 0 unspecified atom stereocenters. The van der Waals surface area contributed by atoms with Gasteiger partial charge in [-0.2, -0.15) is 0 Å². The van der Waals surface area contributed by atoms with Crippen LogP contribution in [0.15, 0.2) is 30.5 Å². The van der Waals surface area contributed by atoms with Crippen molar-refractivity contribution in [1.29, 1.82) is 0 Å². The fourth-order valence-corrected chi connectivity index (χ4v) is 3.17. The number of carbonyl (C=O) groups is 1. The summed E-state index contributed by atoms with van der Waals surface area (Å²) >= 11 is 0. The summed E-state index contributed by atoms with van der Waals surface area (Å²) in [5, 5.41) is 0.619. The van der Waals surface area contributed by atoms with E-state index in [0.29, 0.717) is 33.7 Å². The van der Waals surface area contributed by atoms with Crippen molar-refractivity contribution >= 4 is 16.7 Å². The molecule has 0 fully saturated rings. The first kappa shape index (κ1) is 18.6. The molecule has 1 heterocycles. The van der Waals surface area contributed by atoms with Gasteiger partial charge < -0.3 is 23.5 Å². The van der Waals surface area contributed by atoms with Crippen LogP contribution in [-0.4, -0.2) is 38.8 Å². The molecule has 27 heavy (non-hydrogen) atoms. The lowest BCUT2D eigenvalue weighted by Gasteiger charge is -2.14. The van der Waals surface area contributed by atoms with Gasteiger partial charge in [-0.15, -0.1) is 0 Å². The summed E-state index contributed by atoms with van der Waals surface area (Å²) in [4.78, 5) is 13.0. The number of ether oxygens (including phenoxy) is 4. The molecule has 0 spiro atoms. The third-order valence-corrected chi connectivity index (χ3v) is 4.43. The first-order chi connectivity index (χ1) is 13.0. The molecule has 0 saturated heterocycles. The maximum Gasteiger partial charge on any atom is 0.205 e. The first-order valence-corrected chi connectivity index (χ1v) is 8.13. The molecule has 3 aromatic rings.